The van der Waals surface area contributed by atoms with Crippen LogP contribution in [0.1, 0.15) is 38.9 Å². The van der Waals surface area contributed by atoms with Crippen molar-refractivity contribution in [1.29, 1.82) is 0 Å². The Kier molecular flexibility index (Phi) is 7.07. The summed E-state index contributed by atoms with van der Waals surface area (Å²) in [7, 11) is 0. The molecule has 27 heavy (non-hydrogen) atoms. The minimum Gasteiger partial charge on any atom is -0.444 e. The largest absolute Gasteiger partial charge is 0.444 e. The van der Waals surface area contributed by atoms with Crippen molar-refractivity contribution >= 4 is 24.6 Å². The van der Waals surface area contributed by atoms with Gasteiger partial charge in [0.15, 0.2) is 0 Å². The quantitative estimate of drug-likeness (QED) is 0.597. The van der Waals surface area contributed by atoms with E-state index < -0.39 is 11.6 Å². The van der Waals surface area contributed by atoms with E-state index in [2.05, 4.69) is 29.5 Å². The smallest absolute Gasteiger partial charge is 0.410 e. The third kappa shape index (κ3) is 6.13. The average Bonchev–Trinajstić information content (AvgIpc) is 3.09. The first-order chi connectivity index (χ1) is 12.7. The summed E-state index contributed by atoms with van der Waals surface area (Å²) in [5, 5.41) is 2.99. The van der Waals surface area contributed by atoms with E-state index in [0.717, 1.165) is 0 Å². The molecule has 146 valence electrons. The maximum atomic E-state index is 12.8. The summed E-state index contributed by atoms with van der Waals surface area (Å²) in [5.41, 5.74) is 0.133. The minimum atomic E-state index is -0.558. The second-order valence-electron chi connectivity index (χ2n) is 7.44. The Labute approximate surface area is 166 Å². The van der Waals surface area contributed by atoms with Crippen LogP contribution in [0.25, 0.3) is 0 Å². The number of hydrogen-bond acceptors (Lipinski definition) is 5. The van der Waals surface area contributed by atoms with Gasteiger partial charge < -0.3 is 15.0 Å². The van der Waals surface area contributed by atoms with Gasteiger partial charge in [0.2, 0.25) is 5.91 Å². The molecule has 0 aromatic carbocycles. The molecule has 1 saturated heterocycles. The average molecular weight is 390 g/mol. The number of likely N-dealkylation sites (tertiary alicyclic amines) is 1. The molecule has 1 fully saturated rings. The van der Waals surface area contributed by atoms with Gasteiger partial charge in [-0.3, -0.25) is 9.78 Å². The number of aromatic nitrogens is 1. The van der Waals surface area contributed by atoms with Gasteiger partial charge >= 0.3 is 6.09 Å². The highest BCUT2D eigenvalue weighted by atomic mass is 32.1. The predicted octanol–water partition coefficient (Wildman–Crippen LogP) is 3.50. The molecule has 0 bridgehead atoms. The summed E-state index contributed by atoms with van der Waals surface area (Å²) in [6, 6.07) is 5.04. The zero-order chi connectivity index (χ0) is 20.0. The molecular weight excluding hydrogens is 362 g/mol. The number of rotatable bonds is 5. The van der Waals surface area contributed by atoms with Crippen LogP contribution in [0, 0.1) is 5.92 Å². The fraction of sp³-hybridized carbons (Fsp3) is 0.450. The zero-order valence-electron chi connectivity index (χ0n) is 16.0. The van der Waals surface area contributed by atoms with Crippen molar-refractivity contribution in [3.63, 3.8) is 0 Å². The first-order valence-corrected chi connectivity index (χ1v) is 9.37. The van der Waals surface area contributed by atoms with E-state index in [-0.39, 0.29) is 17.9 Å². The number of amides is 2. The van der Waals surface area contributed by atoms with Crippen LogP contribution >= 0.6 is 12.6 Å². The number of carbonyl (C=O) groups excluding carboxylic acids is 2. The molecule has 2 amide bonds. The predicted molar refractivity (Wildman–Crippen MR) is 108 cm³/mol. The number of nitrogens with one attached hydrogen (secondary N) is 1. The van der Waals surface area contributed by atoms with Gasteiger partial charge in [-0.2, -0.15) is 0 Å². The van der Waals surface area contributed by atoms with Crippen molar-refractivity contribution in [1.82, 2.24) is 15.2 Å². The molecule has 6 nitrogen and oxygen atoms in total. The number of allylic oxidation sites excluding steroid dienone is 2. The van der Waals surface area contributed by atoms with Gasteiger partial charge in [-0.05, 0) is 39.3 Å². The van der Waals surface area contributed by atoms with Crippen molar-refractivity contribution in [3.8, 4) is 0 Å². The van der Waals surface area contributed by atoms with Crippen molar-refractivity contribution in [2.24, 2.45) is 5.92 Å². The van der Waals surface area contributed by atoms with Crippen LogP contribution in [0.2, 0.25) is 0 Å². The number of ether oxygens (including phenoxy) is 1. The third-order valence-electron chi connectivity index (χ3n) is 4.07. The monoisotopic (exact) mass is 389 g/mol. The van der Waals surface area contributed by atoms with Gasteiger partial charge in [-0.25, -0.2) is 4.79 Å². The molecular formula is C20H27N3O3S. The van der Waals surface area contributed by atoms with Crippen LogP contribution < -0.4 is 5.32 Å². The Morgan fingerprint density at radius 1 is 1.44 bits per heavy atom. The lowest BCUT2D eigenvalue weighted by molar-refractivity contribution is -0.125. The first kappa shape index (κ1) is 21.0. The van der Waals surface area contributed by atoms with E-state index in [4.69, 9.17) is 4.74 Å². The Morgan fingerprint density at radius 3 is 2.78 bits per heavy atom. The fourth-order valence-corrected chi connectivity index (χ4v) is 3.09. The highest BCUT2D eigenvalue weighted by Gasteiger charge is 2.34. The normalized spacial score (nSPS) is 18.7. The lowest BCUT2D eigenvalue weighted by Crippen LogP contribution is -2.38. The van der Waals surface area contributed by atoms with Crippen LogP contribution in [-0.4, -0.2) is 40.6 Å². The standard InChI is InChI=1S/C20H27N3O3S/c1-5-8-16(27)17(15-9-6-7-11-21-15)22-18(24)14-10-12-23(13-14)19(25)26-20(2,3)4/h5-9,11,14,17,27H,1,10,12-13H2,2-4H3,(H,22,24)/b16-8-. The summed E-state index contributed by atoms with van der Waals surface area (Å²) in [5.74, 6) is -0.436. The van der Waals surface area contributed by atoms with Crippen LogP contribution in [0.5, 0.6) is 0 Å². The summed E-state index contributed by atoms with van der Waals surface area (Å²) in [6.45, 7) is 9.98. The van der Waals surface area contributed by atoms with Crippen molar-refractivity contribution in [2.45, 2.75) is 38.8 Å². The van der Waals surface area contributed by atoms with Crippen molar-refractivity contribution in [2.75, 3.05) is 13.1 Å². The lowest BCUT2D eigenvalue weighted by Gasteiger charge is -2.24. The maximum absolute atomic E-state index is 12.8. The highest BCUT2D eigenvalue weighted by molar-refractivity contribution is 7.84. The van der Waals surface area contributed by atoms with Gasteiger partial charge in [0.1, 0.15) is 11.6 Å². The van der Waals surface area contributed by atoms with E-state index in [0.29, 0.717) is 30.1 Å². The first-order valence-electron chi connectivity index (χ1n) is 8.92. The maximum Gasteiger partial charge on any atom is 0.410 e. The molecule has 0 saturated carbocycles. The second kappa shape index (κ2) is 9.08. The van der Waals surface area contributed by atoms with Gasteiger partial charge in [-0.15, -0.1) is 12.6 Å². The third-order valence-corrected chi connectivity index (χ3v) is 4.47. The topological polar surface area (TPSA) is 71.5 Å². The van der Waals surface area contributed by atoms with E-state index in [1.54, 1.807) is 23.2 Å². The highest BCUT2D eigenvalue weighted by Crippen LogP contribution is 2.25. The number of hydrogen-bond donors (Lipinski definition) is 2. The van der Waals surface area contributed by atoms with Gasteiger partial charge in [0.25, 0.3) is 0 Å². The fourth-order valence-electron chi connectivity index (χ4n) is 2.79. The van der Waals surface area contributed by atoms with Crippen LogP contribution in [0.15, 0.2) is 48.0 Å². The van der Waals surface area contributed by atoms with Gasteiger partial charge in [0, 0.05) is 24.2 Å². The number of nitrogens with zero attached hydrogens (tertiary/aromatic N) is 2. The van der Waals surface area contributed by atoms with E-state index >= 15 is 0 Å². The molecule has 7 heteroatoms. The summed E-state index contributed by atoms with van der Waals surface area (Å²) in [6.07, 6.45) is 5.21. The second-order valence-corrected chi connectivity index (χ2v) is 7.95. The van der Waals surface area contributed by atoms with Crippen molar-refractivity contribution in [3.05, 3.63) is 53.7 Å². The molecule has 2 unspecified atom stereocenters. The lowest BCUT2D eigenvalue weighted by atomic mass is 10.1. The number of thiol groups is 1. The Balaban J connectivity index is 2.05. The molecule has 1 aromatic rings. The van der Waals surface area contributed by atoms with Crippen LogP contribution in [0.3, 0.4) is 0 Å². The minimum absolute atomic E-state index is 0.138. The van der Waals surface area contributed by atoms with Crippen molar-refractivity contribution < 1.29 is 14.3 Å². The SMILES string of the molecule is C=C/C=C(\S)C(NC(=O)C1CCN(C(=O)OC(C)(C)C)C1)c1ccccn1. The van der Waals surface area contributed by atoms with Gasteiger partial charge in [0.05, 0.1) is 11.6 Å². The summed E-state index contributed by atoms with van der Waals surface area (Å²) < 4.78 is 5.38. The van der Waals surface area contributed by atoms with E-state index in [9.17, 15) is 9.59 Å². The summed E-state index contributed by atoms with van der Waals surface area (Å²) >= 11 is 4.48. The van der Waals surface area contributed by atoms with E-state index in [1.807, 2.05) is 39.0 Å². The molecule has 0 spiro atoms. The summed E-state index contributed by atoms with van der Waals surface area (Å²) in [4.78, 5) is 31.5. The molecule has 0 aliphatic carbocycles. The van der Waals surface area contributed by atoms with Crippen LogP contribution in [0.4, 0.5) is 4.79 Å². The molecule has 1 N–H and O–H groups in total. The number of carbonyl (C=O) groups is 2. The molecule has 2 atom stereocenters. The van der Waals surface area contributed by atoms with E-state index in [1.165, 1.54) is 0 Å². The molecule has 1 aromatic heterocycles. The van der Waals surface area contributed by atoms with Crippen LogP contribution in [-0.2, 0) is 9.53 Å². The molecule has 1 aliphatic rings. The van der Waals surface area contributed by atoms with Gasteiger partial charge in [-0.1, -0.05) is 24.8 Å². The molecule has 1 aliphatic heterocycles. The Morgan fingerprint density at radius 2 is 2.19 bits per heavy atom. The molecule has 2 rings (SSSR count). The zero-order valence-corrected chi connectivity index (χ0v) is 16.9. The molecule has 0 radical (unpaired) electrons. The number of pyridine rings is 1. The Hall–Kier alpha value is -2.28. The molecule has 2 heterocycles. The Bertz CT molecular complexity index is 713.